The first kappa shape index (κ1) is 4.77. The van der Waals surface area contributed by atoms with Gasteiger partial charge in [-0.2, -0.15) is 0 Å². The molecule has 0 saturated carbocycles. The SMILES string of the molecule is [CH]=CC(=[CH])Cl. The van der Waals surface area contributed by atoms with Crippen LogP contribution in [0.3, 0.4) is 0 Å². The van der Waals surface area contributed by atoms with Crippen LogP contribution >= 0.6 is 11.6 Å². The van der Waals surface area contributed by atoms with Gasteiger partial charge in [-0.1, -0.05) is 18.2 Å². The zero-order valence-corrected chi connectivity index (χ0v) is 3.37. The minimum Gasteiger partial charge on any atom is -0.0843 e. The predicted octanol–water partition coefficient (Wildman–Crippen LogP) is 1.53. The maximum atomic E-state index is 4.98. The van der Waals surface area contributed by atoms with Gasteiger partial charge in [-0.15, -0.1) is 0 Å². The normalized spacial score (nSPS) is 6.60. The van der Waals surface area contributed by atoms with Crippen molar-refractivity contribution in [2.45, 2.75) is 0 Å². The van der Waals surface area contributed by atoms with Gasteiger partial charge in [0.25, 0.3) is 0 Å². The van der Waals surface area contributed by atoms with E-state index in [1.807, 2.05) is 0 Å². The van der Waals surface area contributed by atoms with Gasteiger partial charge in [-0.25, -0.2) is 0 Å². The van der Waals surface area contributed by atoms with E-state index in [1.54, 1.807) is 0 Å². The average Bonchev–Trinajstić information content (AvgIpc) is 1.38. The summed E-state index contributed by atoms with van der Waals surface area (Å²) in [6, 6.07) is 0. The van der Waals surface area contributed by atoms with Gasteiger partial charge >= 0.3 is 0 Å². The summed E-state index contributed by atoms with van der Waals surface area (Å²) in [7, 11) is 0. The first-order valence-electron chi connectivity index (χ1n) is 1.10. The van der Waals surface area contributed by atoms with E-state index in [-0.39, 0.29) is 5.03 Å². The Balaban J connectivity index is 3.20. The van der Waals surface area contributed by atoms with Crippen LogP contribution in [0.1, 0.15) is 0 Å². The monoisotopic (exact) mass is 86.0 g/mol. The summed E-state index contributed by atoms with van der Waals surface area (Å²) in [6.07, 6.45) is 1.13. The largest absolute Gasteiger partial charge is 0.0843 e. The Morgan fingerprint density at radius 2 is 2.00 bits per heavy atom. The Hall–Kier alpha value is -0.230. The van der Waals surface area contributed by atoms with E-state index in [1.165, 1.54) is 0 Å². The average molecular weight is 86.5 g/mol. The maximum absolute atomic E-state index is 4.98. The van der Waals surface area contributed by atoms with Crippen molar-refractivity contribution >= 4 is 11.6 Å². The van der Waals surface area contributed by atoms with Crippen LogP contribution in [0.2, 0.25) is 0 Å². The first-order chi connectivity index (χ1) is 2.27. The topological polar surface area (TPSA) is 0 Å². The van der Waals surface area contributed by atoms with Gasteiger partial charge in [-0.3, -0.25) is 0 Å². The number of allylic oxidation sites excluding steroid dienone is 2. The van der Waals surface area contributed by atoms with E-state index < -0.39 is 0 Å². The zero-order chi connectivity index (χ0) is 4.28. The molecule has 0 heterocycles. The molecule has 0 rings (SSSR count). The molecule has 0 aliphatic heterocycles. The fraction of sp³-hybridized carbons (Fsp3) is 0. The Morgan fingerprint density at radius 3 is 2.00 bits per heavy atom. The smallest absolute Gasteiger partial charge is 0.0406 e. The van der Waals surface area contributed by atoms with Gasteiger partial charge in [0.05, 0.1) is 0 Å². The van der Waals surface area contributed by atoms with Gasteiger partial charge in [0.15, 0.2) is 0 Å². The Labute approximate surface area is 36.8 Å². The molecule has 0 aromatic heterocycles. The standard InChI is InChI=1S/C4H3Cl/c1-3-4(2)5/h1-3H. The van der Waals surface area contributed by atoms with Crippen molar-refractivity contribution in [3.63, 3.8) is 0 Å². The number of halogens is 1. The number of hydrogen-bond donors (Lipinski definition) is 0. The summed E-state index contributed by atoms with van der Waals surface area (Å²) in [5.41, 5.74) is 0. The van der Waals surface area contributed by atoms with E-state index in [4.69, 9.17) is 24.8 Å². The fourth-order valence-corrected chi connectivity index (χ4v) is 0. The molecule has 0 atom stereocenters. The molecule has 0 fully saturated rings. The highest BCUT2D eigenvalue weighted by Gasteiger charge is 1.64. The second-order valence-corrected chi connectivity index (χ2v) is 0.988. The van der Waals surface area contributed by atoms with Crippen molar-refractivity contribution in [3.8, 4) is 0 Å². The molecular weight excluding hydrogens is 83.5 g/mol. The van der Waals surface area contributed by atoms with Gasteiger partial charge < -0.3 is 0 Å². The number of hydrogen-bond acceptors (Lipinski definition) is 0. The molecular formula is C4H3Cl. The van der Waals surface area contributed by atoms with Crippen LogP contribution in [0, 0.1) is 13.2 Å². The van der Waals surface area contributed by atoms with Crippen molar-refractivity contribution in [2.75, 3.05) is 0 Å². The van der Waals surface area contributed by atoms with Crippen molar-refractivity contribution in [3.05, 3.63) is 24.3 Å². The van der Waals surface area contributed by atoms with Gasteiger partial charge in [0.2, 0.25) is 0 Å². The Morgan fingerprint density at radius 1 is 1.80 bits per heavy atom. The van der Waals surface area contributed by atoms with Crippen LogP contribution in [0.4, 0.5) is 0 Å². The molecule has 0 bridgehead atoms. The molecule has 26 valence electrons. The lowest BCUT2D eigenvalue weighted by Gasteiger charge is -1.66. The highest BCUT2D eigenvalue weighted by atomic mass is 35.5. The van der Waals surface area contributed by atoms with E-state index in [0.717, 1.165) is 6.08 Å². The molecule has 0 aromatic carbocycles. The van der Waals surface area contributed by atoms with Crippen molar-refractivity contribution in [2.24, 2.45) is 0 Å². The summed E-state index contributed by atoms with van der Waals surface area (Å²) in [6.45, 7) is 9.55. The highest BCUT2D eigenvalue weighted by molar-refractivity contribution is 6.30. The second-order valence-electron chi connectivity index (χ2n) is 0.552. The molecule has 5 heavy (non-hydrogen) atoms. The third kappa shape index (κ3) is 3.77. The first-order valence-corrected chi connectivity index (χ1v) is 1.48. The quantitative estimate of drug-likeness (QED) is 0.425. The van der Waals surface area contributed by atoms with E-state index >= 15 is 0 Å². The van der Waals surface area contributed by atoms with E-state index in [2.05, 4.69) is 0 Å². The molecule has 1 heteroatoms. The molecule has 0 aromatic rings. The lowest BCUT2D eigenvalue weighted by atomic mass is 10.6. The molecule has 0 nitrogen and oxygen atoms in total. The summed E-state index contributed by atoms with van der Waals surface area (Å²) in [5.74, 6) is 0. The summed E-state index contributed by atoms with van der Waals surface area (Å²) >= 11 is 4.98. The van der Waals surface area contributed by atoms with Crippen LogP contribution in [0.25, 0.3) is 0 Å². The van der Waals surface area contributed by atoms with Crippen LogP contribution in [-0.4, -0.2) is 0 Å². The number of rotatable bonds is 1. The highest BCUT2D eigenvalue weighted by Crippen LogP contribution is 1.92. The third-order valence-electron chi connectivity index (χ3n) is 0.159. The molecule has 2 radical (unpaired) electrons. The maximum Gasteiger partial charge on any atom is 0.0406 e. The lowest BCUT2D eigenvalue weighted by Crippen LogP contribution is -1.44. The molecule has 0 saturated heterocycles. The fourth-order valence-electron chi connectivity index (χ4n) is 0. The van der Waals surface area contributed by atoms with Crippen LogP contribution in [0.5, 0.6) is 0 Å². The van der Waals surface area contributed by atoms with Crippen molar-refractivity contribution in [1.29, 1.82) is 0 Å². The van der Waals surface area contributed by atoms with E-state index in [0.29, 0.717) is 0 Å². The van der Waals surface area contributed by atoms with Crippen molar-refractivity contribution in [1.82, 2.24) is 0 Å². The Bertz CT molecular complexity index is 54.7. The predicted molar refractivity (Wildman–Crippen MR) is 22.5 cm³/mol. The second kappa shape index (κ2) is 2.04. The minimum absolute atomic E-state index is 0.130. The molecule has 0 aliphatic rings. The molecule has 0 amide bonds. The Kier molecular flexibility index (Phi) is 1.94. The van der Waals surface area contributed by atoms with Crippen LogP contribution < -0.4 is 0 Å². The molecule has 0 N–H and O–H groups in total. The van der Waals surface area contributed by atoms with Crippen LogP contribution in [-0.2, 0) is 0 Å². The summed E-state index contributed by atoms with van der Waals surface area (Å²) in [5, 5.41) is 0.130. The molecule has 0 aliphatic carbocycles. The van der Waals surface area contributed by atoms with Gasteiger partial charge in [-0.05, 0) is 12.7 Å². The minimum atomic E-state index is 0.130. The van der Waals surface area contributed by atoms with Crippen LogP contribution in [0.15, 0.2) is 11.1 Å². The lowest BCUT2D eigenvalue weighted by molar-refractivity contribution is 1.98. The molecule has 0 unspecified atom stereocenters. The van der Waals surface area contributed by atoms with Crippen molar-refractivity contribution < 1.29 is 0 Å². The van der Waals surface area contributed by atoms with Gasteiger partial charge in [0.1, 0.15) is 0 Å². The summed E-state index contributed by atoms with van der Waals surface area (Å²) in [4.78, 5) is 0. The molecule has 0 spiro atoms. The van der Waals surface area contributed by atoms with E-state index in [9.17, 15) is 0 Å². The van der Waals surface area contributed by atoms with Gasteiger partial charge in [0, 0.05) is 5.03 Å². The zero-order valence-electron chi connectivity index (χ0n) is 2.61. The third-order valence-corrected chi connectivity index (χ3v) is 0.285. The summed E-state index contributed by atoms with van der Waals surface area (Å²) < 4.78 is 0.